The number of piperidine rings is 1. The number of benzene rings is 1. The third-order valence-corrected chi connectivity index (χ3v) is 14.5. The summed E-state index contributed by atoms with van der Waals surface area (Å²) in [6.07, 6.45) is 9.41. The van der Waals surface area contributed by atoms with Gasteiger partial charge in [-0.05, 0) is 110 Å². The number of ether oxygens (including phenoxy) is 1. The summed E-state index contributed by atoms with van der Waals surface area (Å²) in [6.45, 7) is 10.7. The predicted molar refractivity (Wildman–Crippen MR) is 177 cm³/mol. The van der Waals surface area contributed by atoms with E-state index >= 15 is 0 Å². The van der Waals surface area contributed by atoms with Crippen LogP contribution in [0.1, 0.15) is 97.5 Å². The zero-order valence-corrected chi connectivity index (χ0v) is 28.6. The molecule has 1 aromatic rings. The van der Waals surface area contributed by atoms with Gasteiger partial charge in [-0.3, -0.25) is 19.7 Å². The van der Waals surface area contributed by atoms with Crippen LogP contribution in [0.4, 0.5) is 0 Å². The first-order chi connectivity index (χ1) is 22.3. The molecule has 0 aromatic heterocycles. The maximum absolute atomic E-state index is 14.4. The number of hydrogen-bond acceptors (Lipinski definition) is 7. The molecule has 6 fully saturated rings. The normalized spacial score (nSPS) is 43.8. The summed E-state index contributed by atoms with van der Waals surface area (Å²) in [5, 5.41) is 28.9. The lowest BCUT2D eigenvalue weighted by Gasteiger charge is -2.60. The second-order valence-corrected chi connectivity index (χ2v) is 16.8. The number of amides is 2. The minimum absolute atomic E-state index is 0.0523. The molecule has 1 aromatic carbocycles. The lowest BCUT2D eigenvalue weighted by Crippen LogP contribution is -2.60. The third-order valence-electron chi connectivity index (χ3n) is 14.5. The van der Waals surface area contributed by atoms with Gasteiger partial charge in [0.25, 0.3) is 0 Å². The van der Waals surface area contributed by atoms with Crippen molar-refractivity contribution in [3.05, 3.63) is 23.8 Å². The molecule has 258 valence electrons. The molecular weight excluding hydrogens is 594 g/mol. The number of rotatable bonds is 6. The van der Waals surface area contributed by atoms with E-state index in [2.05, 4.69) is 43.6 Å². The van der Waals surface area contributed by atoms with Gasteiger partial charge in [-0.2, -0.15) is 0 Å². The maximum Gasteiger partial charge on any atom is 0.229 e. The van der Waals surface area contributed by atoms with E-state index in [9.17, 15) is 24.6 Å². The van der Waals surface area contributed by atoms with Crippen LogP contribution in [-0.2, 0) is 25.5 Å². The van der Waals surface area contributed by atoms with Crippen LogP contribution in [0.2, 0.25) is 0 Å². The van der Waals surface area contributed by atoms with E-state index in [-0.39, 0.29) is 64.4 Å². The molecule has 6 aliphatic rings. The van der Waals surface area contributed by atoms with Crippen LogP contribution in [0.15, 0.2) is 18.2 Å². The quantitative estimate of drug-likeness (QED) is 0.220. The standard InChI is InChI=1S/C38H55N3O6/c1-21-9-13-38(40-20-21)22(2)35-31(47-38)17-28-26-7-6-24-16-25(10-12-36(24,3)27(26)18-32(44)37(28,35)4)41-34(46)19-33(45)39-14-11-23-5-8-29(42)30(43)15-23/h5,8,15,21-22,24-28,31,35,40,42-43H,6-7,9-14,16-20H2,1-4H3,(H,39,45)(H,41,46)/t21-,22+,24+,25-,26-,27+,28+,31+,35+,36+,37-,38-/m1/s1. The van der Waals surface area contributed by atoms with E-state index in [1.807, 2.05) is 0 Å². The van der Waals surface area contributed by atoms with E-state index in [1.54, 1.807) is 6.07 Å². The molecule has 9 nitrogen and oxygen atoms in total. The predicted octanol–water partition coefficient (Wildman–Crippen LogP) is 4.83. The second kappa shape index (κ2) is 12.0. The first kappa shape index (κ1) is 32.9. The Kier molecular flexibility index (Phi) is 8.42. The molecule has 2 saturated heterocycles. The van der Waals surface area contributed by atoms with Crippen molar-refractivity contribution in [2.45, 2.75) is 116 Å². The Labute approximate surface area is 279 Å². The van der Waals surface area contributed by atoms with Crippen molar-refractivity contribution in [3.63, 3.8) is 0 Å². The third kappa shape index (κ3) is 5.48. The summed E-state index contributed by atoms with van der Waals surface area (Å²) >= 11 is 0. The molecule has 4 aliphatic carbocycles. The monoisotopic (exact) mass is 649 g/mol. The fourth-order valence-corrected chi connectivity index (χ4v) is 11.8. The van der Waals surface area contributed by atoms with Gasteiger partial charge in [0.1, 0.15) is 17.9 Å². The summed E-state index contributed by atoms with van der Waals surface area (Å²) in [7, 11) is 0. The molecule has 5 N–H and O–H groups in total. The number of carbonyl (C=O) groups excluding carboxylic acids is 3. The summed E-state index contributed by atoms with van der Waals surface area (Å²) in [6, 6.07) is 4.63. The van der Waals surface area contributed by atoms with Crippen LogP contribution < -0.4 is 16.0 Å². The van der Waals surface area contributed by atoms with Crippen molar-refractivity contribution < 1.29 is 29.3 Å². The number of fused-ring (bicyclic) bond motifs is 7. The van der Waals surface area contributed by atoms with Gasteiger partial charge in [0.05, 0.1) is 6.10 Å². The minimum Gasteiger partial charge on any atom is -0.504 e. The van der Waals surface area contributed by atoms with E-state index in [4.69, 9.17) is 4.74 Å². The molecule has 47 heavy (non-hydrogen) atoms. The summed E-state index contributed by atoms with van der Waals surface area (Å²) in [5.41, 5.74) is 0.306. The highest BCUT2D eigenvalue weighted by Crippen LogP contribution is 2.70. The number of nitrogens with one attached hydrogen (secondary N) is 3. The first-order valence-electron chi connectivity index (χ1n) is 18.4. The van der Waals surface area contributed by atoms with Crippen molar-refractivity contribution in [1.29, 1.82) is 0 Å². The van der Waals surface area contributed by atoms with Crippen LogP contribution in [0.3, 0.4) is 0 Å². The zero-order chi connectivity index (χ0) is 33.3. The zero-order valence-electron chi connectivity index (χ0n) is 28.6. The average Bonchev–Trinajstić information content (AvgIpc) is 3.47. The smallest absolute Gasteiger partial charge is 0.229 e. The van der Waals surface area contributed by atoms with Crippen molar-refractivity contribution >= 4 is 17.6 Å². The molecule has 2 heterocycles. The highest BCUT2D eigenvalue weighted by atomic mass is 16.5. The van der Waals surface area contributed by atoms with Gasteiger partial charge >= 0.3 is 0 Å². The van der Waals surface area contributed by atoms with Gasteiger partial charge in [-0.1, -0.05) is 33.8 Å². The molecule has 0 bridgehead atoms. The Morgan fingerprint density at radius 1 is 1.00 bits per heavy atom. The van der Waals surface area contributed by atoms with Crippen LogP contribution in [-0.4, -0.2) is 58.8 Å². The Hall–Kier alpha value is -2.65. The Morgan fingerprint density at radius 2 is 1.81 bits per heavy atom. The highest BCUT2D eigenvalue weighted by Gasteiger charge is 2.71. The average molecular weight is 650 g/mol. The largest absolute Gasteiger partial charge is 0.504 e. The molecular formula is C38H55N3O6. The minimum atomic E-state index is -0.324. The fraction of sp³-hybridized carbons (Fsp3) is 0.763. The lowest BCUT2D eigenvalue weighted by atomic mass is 9.44. The number of aromatic hydroxyl groups is 2. The number of phenolic OH excluding ortho intramolecular Hbond substituents is 2. The summed E-state index contributed by atoms with van der Waals surface area (Å²) in [4.78, 5) is 39.7. The summed E-state index contributed by atoms with van der Waals surface area (Å²) in [5.74, 6) is 2.61. The van der Waals surface area contributed by atoms with Crippen LogP contribution in [0.25, 0.3) is 0 Å². The van der Waals surface area contributed by atoms with Crippen LogP contribution in [0, 0.1) is 52.3 Å². The topological polar surface area (TPSA) is 137 Å². The van der Waals surface area contributed by atoms with E-state index < -0.39 is 0 Å². The molecule has 9 heteroatoms. The number of ketones is 1. The molecule has 0 radical (unpaired) electrons. The molecule has 1 spiro atoms. The second-order valence-electron chi connectivity index (χ2n) is 16.8. The van der Waals surface area contributed by atoms with Crippen molar-refractivity contribution in [2.75, 3.05) is 13.1 Å². The molecule has 7 rings (SSSR count). The van der Waals surface area contributed by atoms with Crippen LogP contribution >= 0.6 is 0 Å². The van der Waals surface area contributed by atoms with E-state index in [0.717, 1.165) is 57.1 Å². The Bertz CT molecular complexity index is 1410. The Morgan fingerprint density at radius 3 is 2.55 bits per heavy atom. The van der Waals surface area contributed by atoms with Gasteiger partial charge in [0.15, 0.2) is 11.5 Å². The van der Waals surface area contributed by atoms with Gasteiger partial charge in [-0.25, -0.2) is 0 Å². The van der Waals surface area contributed by atoms with Crippen molar-refractivity contribution in [1.82, 2.24) is 16.0 Å². The molecule has 2 aliphatic heterocycles. The van der Waals surface area contributed by atoms with Gasteiger partial charge in [-0.15, -0.1) is 0 Å². The number of Topliss-reactive ketones (excluding diaryl/α,β-unsaturated/α-hetero) is 1. The fourth-order valence-electron chi connectivity index (χ4n) is 11.8. The molecule has 2 amide bonds. The number of hydrogen-bond donors (Lipinski definition) is 5. The number of phenols is 2. The number of carbonyl (C=O) groups is 3. The SMILES string of the molecule is C[C@@H]1CC[C@@]2(NC1)O[C@H]1C[C@H]3[C@@H]4CC[C@H]5C[C@H](NC(=O)CC(=O)NCCc6ccc(O)c(O)c6)CC[C@]5(C)[C@H]4CC(=O)[C@]3(C)[C@H]1[C@@H]2C. The van der Waals surface area contributed by atoms with E-state index in [0.29, 0.717) is 60.7 Å². The van der Waals surface area contributed by atoms with Gasteiger partial charge in [0.2, 0.25) is 11.8 Å². The van der Waals surface area contributed by atoms with Crippen molar-refractivity contribution in [2.24, 2.45) is 52.3 Å². The molecule has 0 unspecified atom stereocenters. The lowest BCUT2D eigenvalue weighted by molar-refractivity contribution is -0.160. The highest BCUT2D eigenvalue weighted by molar-refractivity contribution is 5.97. The maximum atomic E-state index is 14.4. The van der Waals surface area contributed by atoms with E-state index in [1.165, 1.54) is 18.6 Å². The van der Waals surface area contributed by atoms with Gasteiger partial charge < -0.3 is 25.6 Å². The first-order valence-corrected chi connectivity index (χ1v) is 18.4. The molecule has 12 atom stereocenters. The summed E-state index contributed by atoms with van der Waals surface area (Å²) < 4.78 is 6.97. The van der Waals surface area contributed by atoms with Gasteiger partial charge in [0, 0.05) is 42.8 Å². The van der Waals surface area contributed by atoms with Crippen molar-refractivity contribution in [3.8, 4) is 11.5 Å². The Balaban J connectivity index is 0.936. The van der Waals surface area contributed by atoms with Crippen LogP contribution in [0.5, 0.6) is 11.5 Å². The molecule has 4 saturated carbocycles.